The molecular formula is C14H22N2O3. The summed E-state index contributed by atoms with van der Waals surface area (Å²) >= 11 is 0. The Labute approximate surface area is 114 Å². The first-order chi connectivity index (χ1) is 9.08. The number of aliphatic carboxylic acids is 1. The van der Waals surface area contributed by atoms with E-state index in [0.717, 1.165) is 17.9 Å². The SMILES string of the molecule is CCCNC(CN(C)c1ccc(OC)cc1)C(=O)O. The van der Waals surface area contributed by atoms with Crippen molar-refractivity contribution in [2.45, 2.75) is 19.4 Å². The molecule has 0 aliphatic heterocycles. The summed E-state index contributed by atoms with van der Waals surface area (Å²) in [6, 6.07) is 6.99. The highest BCUT2D eigenvalue weighted by Crippen LogP contribution is 2.18. The van der Waals surface area contributed by atoms with Gasteiger partial charge in [0.15, 0.2) is 0 Å². The molecule has 0 aromatic heterocycles. The standard InChI is InChI=1S/C14H22N2O3/c1-4-9-15-13(14(17)18)10-16(2)11-5-7-12(19-3)8-6-11/h5-8,13,15H,4,9-10H2,1-3H3,(H,17,18). The molecule has 1 unspecified atom stereocenters. The van der Waals surface area contributed by atoms with Gasteiger partial charge in [-0.3, -0.25) is 4.79 Å². The molecule has 0 saturated carbocycles. The minimum Gasteiger partial charge on any atom is -0.497 e. The number of methoxy groups -OCH3 is 1. The summed E-state index contributed by atoms with van der Waals surface area (Å²) < 4.78 is 5.10. The quantitative estimate of drug-likeness (QED) is 0.748. The number of carboxylic acids is 1. The zero-order valence-corrected chi connectivity index (χ0v) is 11.7. The van der Waals surface area contributed by atoms with Gasteiger partial charge in [-0.2, -0.15) is 0 Å². The molecular weight excluding hydrogens is 244 g/mol. The van der Waals surface area contributed by atoms with Crippen molar-refractivity contribution in [3.8, 4) is 5.75 Å². The Morgan fingerprint density at radius 2 is 2.05 bits per heavy atom. The fourth-order valence-corrected chi connectivity index (χ4v) is 1.76. The van der Waals surface area contributed by atoms with Crippen LogP contribution < -0.4 is 15.0 Å². The minimum absolute atomic E-state index is 0.418. The highest BCUT2D eigenvalue weighted by Gasteiger charge is 2.18. The topological polar surface area (TPSA) is 61.8 Å². The normalized spacial score (nSPS) is 11.9. The molecule has 5 nitrogen and oxygen atoms in total. The van der Waals surface area contributed by atoms with Crippen molar-refractivity contribution in [1.82, 2.24) is 5.32 Å². The molecule has 2 N–H and O–H groups in total. The Hall–Kier alpha value is -1.75. The number of hydrogen-bond acceptors (Lipinski definition) is 4. The zero-order valence-electron chi connectivity index (χ0n) is 11.7. The van der Waals surface area contributed by atoms with Crippen LogP contribution in [0.25, 0.3) is 0 Å². The van der Waals surface area contributed by atoms with Crippen LogP contribution in [0, 0.1) is 0 Å². The van der Waals surface area contributed by atoms with Crippen LogP contribution in [-0.2, 0) is 4.79 Å². The number of carbonyl (C=O) groups is 1. The van der Waals surface area contributed by atoms with Gasteiger partial charge in [0.2, 0.25) is 0 Å². The second-order valence-corrected chi connectivity index (χ2v) is 4.42. The van der Waals surface area contributed by atoms with Gasteiger partial charge in [-0.25, -0.2) is 0 Å². The Bertz CT molecular complexity index is 392. The third-order valence-electron chi connectivity index (χ3n) is 2.91. The van der Waals surface area contributed by atoms with Crippen LogP contribution in [0.3, 0.4) is 0 Å². The summed E-state index contributed by atoms with van der Waals surface area (Å²) in [6.07, 6.45) is 0.913. The second kappa shape index (κ2) is 7.63. The molecule has 0 radical (unpaired) electrons. The van der Waals surface area contributed by atoms with E-state index in [1.54, 1.807) is 7.11 Å². The summed E-state index contributed by atoms with van der Waals surface area (Å²) in [7, 11) is 3.50. The third kappa shape index (κ3) is 4.79. The smallest absolute Gasteiger partial charge is 0.322 e. The highest BCUT2D eigenvalue weighted by atomic mass is 16.5. The Morgan fingerprint density at radius 3 is 2.53 bits per heavy atom. The van der Waals surface area contributed by atoms with E-state index >= 15 is 0 Å². The predicted molar refractivity (Wildman–Crippen MR) is 76.0 cm³/mol. The predicted octanol–water partition coefficient (Wildman–Crippen LogP) is 1.58. The molecule has 1 atom stereocenters. The van der Waals surface area contributed by atoms with Gasteiger partial charge in [-0.05, 0) is 37.2 Å². The fourth-order valence-electron chi connectivity index (χ4n) is 1.76. The van der Waals surface area contributed by atoms with Crippen LogP contribution in [0.1, 0.15) is 13.3 Å². The molecule has 1 rings (SSSR count). The Balaban J connectivity index is 2.64. The summed E-state index contributed by atoms with van der Waals surface area (Å²) in [5.41, 5.74) is 0.963. The van der Waals surface area contributed by atoms with Crippen molar-refractivity contribution in [2.75, 3.05) is 32.1 Å². The van der Waals surface area contributed by atoms with E-state index in [1.807, 2.05) is 43.1 Å². The molecule has 19 heavy (non-hydrogen) atoms. The average Bonchev–Trinajstić information content (AvgIpc) is 2.43. The van der Waals surface area contributed by atoms with Crippen molar-refractivity contribution in [2.24, 2.45) is 0 Å². The number of carboxylic acid groups (broad SMARTS) is 1. The summed E-state index contributed by atoms with van der Waals surface area (Å²) in [5.74, 6) is -0.0372. The van der Waals surface area contributed by atoms with Gasteiger partial charge in [0.25, 0.3) is 0 Å². The van der Waals surface area contributed by atoms with Gasteiger partial charge in [-0.1, -0.05) is 6.92 Å². The van der Waals surface area contributed by atoms with E-state index in [4.69, 9.17) is 9.84 Å². The molecule has 106 valence electrons. The van der Waals surface area contributed by atoms with Crippen LogP contribution in [0.5, 0.6) is 5.75 Å². The van der Waals surface area contributed by atoms with E-state index in [1.165, 1.54) is 0 Å². The number of nitrogens with one attached hydrogen (secondary N) is 1. The van der Waals surface area contributed by atoms with Crippen LogP contribution in [0.15, 0.2) is 24.3 Å². The molecule has 0 saturated heterocycles. The van der Waals surface area contributed by atoms with Crippen molar-refractivity contribution >= 4 is 11.7 Å². The summed E-state index contributed by atoms with van der Waals surface area (Å²) in [6.45, 7) is 3.13. The lowest BCUT2D eigenvalue weighted by atomic mass is 10.2. The van der Waals surface area contributed by atoms with Crippen LogP contribution in [0.4, 0.5) is 5.69 Å². The van der Waals surface area contributed by atoms with E-state index in [0.29, 0.717) is 13.1 Å². The molecule has 0 fully saturated rings. The molecule has 5 heteroatoms. The number of benzene rings is 1. The average molecular weight is 266 g/mol. The first-order valence-corrected chi connectivity index (χ1v) is 6.39. The second-order valence-electron chi connectivity index (χ2n) is 4.42. The van der Waals surface area contributed by atoms with Crippen molar-refractivity contribution < 1.29 is 14.6 Å². The fraction of sp³-hybridized carbons (Fsp3) is 0.500. The summed E-state index contributed by atoms with van der Waals surface area (Å²) in [5, 5.41) is 12.2. The number of nitrogens with zero attached hydrogens (tertiary/aromatic N) is 1. The number of anilines is 1. The maximum Gasteiger partial charge on any atom is 0.322 e. The van der Waals surface area contributed by atoms with E-state index in [9.17, 15) is 4.79 Å². The van der Waals surface area contributed by atoms with Gasteiger partial charge in [0.05, 0.1) is 7.11 Å². The molecule has 0 aliphatic carbocycles. The van der Waals surface area contributed by atoms with Gasteiger partial charge >= 0.3 is 5.97 Å². The molecule has 0 amide bonds. The Morgan fingerprint density at radius 1 is 1.42 bits per heavy atom. The van der Waals surface area contributed by atoms with Gasteiger partial charge in [-0.15, -0.1) is 0 Å². The lowest BCUT2D eigenvalue weighted by Crippen LogP contribution is -2.45. The highest BCUT2D eigenvalue weighted by molar-refractivity contribution is 5.74. The molecule has 1 aromatic rings. The first kappa shape index (κ1) is 15.3. The minimum atomic E-state index is -0.825. The molecule has 0 bridgehead atoms. The lowest BCUT2D eigenvalue weighted by molar-refractivity contribution is -0.139. The lowest BCUT2D eigenvalue weighted by Gasteiger charge is -2.24. The number of hydrogen-bond donors (Lipinski definition) is 2. The van der Waals surface area contributed by atoms with E-state index in [-0.39, 0.29) is 0 Å². The van der Waals surface area contributed by atoms with Crippen LogP contribution in [-0.4, -0.2) is 44.4 Å². The van der Waals surface area contributed by atoms with Crippen LogP contribution in [0.2, 0.25) is 0 Å². The zero-order chi connectivity index (χ0) is 14.3. The number of ether oxygens (including phenoxy) is 1. The third-order valence-corrected chi connectivity index (χ3v) is 2.91. The van der Waals surface area contributed by atoms with E-state index < -0.39 is 12.0 Å². The Kier molecular flexibility index (Phi) is 6.15. The monoisotopic (exact) mass is 266 g/mol. The number of likely N-dealkylation sites (N-methyl/N-ethyl adjacent to an activating group) is 1. The van der Waals surface area contributed by atoms with Crippen molar-refractivity contribution in [1.29, 1.82) is 0 Å². The van der Waals surface area contributed by atoms with Crippen molar-refractivity contribution in [3.63, 3.8) is 0 Å². The van der Waals surface area contributed by atoms with E-state index in [2.05, 4.69) is 5.32 Å². The van der Waals surface area contributed by atoms with Crippen molar-refractivity contribution in [3.05, 3.63) is 24.3 Å². The molecule has 0 heterocycles. The maximum atomic E-state index is 11.2. The van der Waals surface area contributed by atoms with Gasteiger partial charge in [0, 0.05) is 19.3 Å². The maximum absolute atomic E-state index is 11.2. The van der Waals surface area contributed by atoms with Gasteiger partial charge < -0.3 is 20.1 Å². The first-order valence-electron chi connectivity index (χ1n) is 6.39. The molecule has 0 spiro atoms. The number of rotatable bonds is 8. The molecule has 0 aliphatic rings. The summed E-state index contributed by atoms with van der Waals surface area (Å²) in [4.78, 5) is 13.1. The largest absolute Gasteiger partial charge is 0.497 e. The van der Waals surface area contributed by atoms with Gasteiger partial charge in [0.1, 0.15) is 11.8 Å². The van der Waals surface area contributed by atoms with Crippen LogP contribution >= 0.6 is 0 Å². The molecule has 1 aromatic carbocycles.